The molecule has 1 heterocycles. The maximum absolute atomic E-state index is 5.38. The van der Waals surface area contributed by atoms with Gasteiger partial charge in [0.15, 0.2) is 0 Å². The van der Waals surface area contributed by atoms with Crippen molar-refractivity contribution in [2.45, 2.75) is 6.42 Å². The molecule has 62 valence electrons. The van der Waals surface area contributed by atoms with Crippen LogP contribution in [0.25, 0.3) is 11.0 Å². The summed E-state index contributed by atoms with van der Waals surface area (Å²) in [6.45, 7) is 0. The highest BCUT2D eigenvalue weighted by atomic mass is 79.9. The summed E-state index contributed by atoms with van der Waals surface area (Å²) in [6, 6.07) is 8.23. The number of aryl methyl sites for hydroxylation is 1. The third-order valence-electron chi connectivity index (χ3n) is 1.92. The summed E-state index contributed by atoms with van der Waals surface area (Å²) in [5, 5.41) is 2.17. The minimum absolute atomic E-state index is 0.979. The van der Waals surface area contributed by atoms with Gasteiger partial charge < -0.3 is 4.42 Å². The van der Waals surface area contributed by atoms with Gasteiger partial charge in [-0.05, 0) is 18.1 Å². The van der Waals surface area contributed by atoms with Crippen LogP contribution in [-0.4, -0.2) is 5.33 Å². The van der Waals surface area contributed by atoms with Crippen molar-refractivity contribution in [3.05, 3.63) is 36.1 Å². The number of benzene rings is 1. The van der Waals surface area contributed by atoms with Gasteiger partial charge in [0, 0.05) is 10.7 Å². The van der Waals surface area contributed by atoms with E-state index in [0.29, 0.717) is 0 Å². The van der Waals surface area contributed by atoms with E-state index in [1.807, 2.05) is 6.07 Å². The molecule has 0 fully saturated rings. The molecule has 0 amide bonds. The van der Waals surface area contributed by atoms with E-state index in [0.717, 1.165) is 17.3 Å². The third kappa shape index (κ3) is 1.27. The number of rotatable bonds is 2. The molecule has 0 aliphatic heterocycles. The van der Waals surface area contributed by atoms with Gasteiger partial charge in [-0.2, -0.15) is 0 Å². The molecule has 1 aromatic carbocycles. The minimum Gasteiger partial charge on any atom is -0.464 e. The Kier molecular flexibility index (Phi) is 2.17. The molecule has 2 heteroatoms. The van der Waals surface area contributed by atoms with Crippen molar-refractivity contribution in [1.29, 1.82) is 0 Å². The van der Waals surface area contributed by atoms with Gasteiger partial charge in [0.2, 0.25) is 0 Å². The number of halogens is 1. The first kappa shape index (κ1) is 7.87. The zero-order valence-corrected chi connectivity index (χ0v) is 8.17. The second-order valence-electron chi connectivity index (χ2n) is 2.70. The van der Waals surface area contributed by atoms with Gasteiger partial charge >= 0.3 is 0 Å². The summed E-state index contributed by atoms with van der Waals surface area (Å²) in [7, 11) is 0. The molecule has 0 spiro atoms. The van der Waals surface area contributed by atoms with Crippen molar-refractivity contribution in [3.8, 4) is 0 Å². The van der Waals surface area contributed by atoms with Crippen LogP contribution in [0.1, 0.15) is 5.56 Å². The molecule has 2 aromatic rings. The molecule has 0 radical (unpaired) electrons. The molecule has 0 atom stereocenters. The normalized spacial score (nSPS) is 10.8. The van der Waals surface area contributed by atoms with E-state index in [1.165, 1.54) is 10.9 Å². The summed E-state index contributed by atoms with van der Waals surface area (Å²) in [5.74, 6) is 0. The van der Waals surface area contributed by atoms with Crippen LogP contribution in [0.2, 0.25) is 0 Å². The van der Waals surface area contributed by atoms with Crippen molar-refractivity contribution in [1.82, 2.24) is 0 Å². The molecule has 0 aliphatic carbocycles. The highest BCUT2D eigenvalue weighted by molar-refractivity contribution is 9.09. The predicted octanol–water partition coefficient (Wildman–Crippen LogP) is 3.37. The summed E-state index contributed by atoms with van der Waals surface area (Å²) < 4.78 is 5.38. The van der Waals surface area contributed by atoms with E-state index in [-0.39, 0.29) is 0 Å². The number of furan rings is 1. The molecular weight excluding hydrogens is 216 g/mol. The average molecular weight is 225 g/mol. The van der Waals surface area contributed by atoms with E-state index < -0.39 is 0 Å². The molecule has 0 saturated carbocycles. The molecule has 0 bridgehead atoms. The van der Waals surface area contributed by atoms with Crippen LogP contribution in [0.15, 0.2) is 34.9 Å². The van der Waals surface area contributed by atoms with Crippen LogP contribution in [-0.2, 0) is 6.42 Å². The predicted molar refractivity (Wildman–Crippen MR) is 53.7 cm³/mol. The summed E-state index contributed by atoms with van der Waals surface area (Å²) in [4.78, 5) is 0. The molecule has 1 aromatic heterocycles. The van der Waals surface area contributed by atoms with E-state index in [2.05, 4.69) is 34.1 Å². The number of hydrogen-bond donors (Lipinski definition) is 0. The highest BCUT2D eigenvalue weighted by Crippen LogP contribution is 2.20. The van der Waals surface area contributed by atoms with Gasteiger partial charge in [-0.1, -0.05) is 34.1 Å². The van der Waals surface area contributed by atoms with Gasteiger partial charge in [-0.15, -0.1) is 0 Å². The molecule has 2 rings (SSSR count). The number of para-hydroxylation sites is 1. The fraction of sp³-hybridized carbons (Fsp3) is 0.200. The Balaban J connectivity index is 2.57. The van der Waals surface area contributed by atoms with E-state index in [9.17, 15) is 0 Å². The van der Waals surface area contributed by atoms with E-state index in [1.54, 1.807) is 6.26 Å². The molecule has 0 aliphatic rings. The summed E-state index contributed by atoms with van der Waals surface area (Å²) in [6.07, 6.45) is 2.76. The van der Waals surface area contributed by atoms with Crippen LogP contribution >= 0.6 is 15.9 Å². The van der Waals surface area contributed by atoms with Crippen LogP contribution < -0.4 is 0 Å². The Morgan fingerprint density at radius 2 is 2.17 bits per heavy atom. The van der Waals surface area contributed by atoms with Crippen molar-refractivity contribution < 1.29 is 4.42 Å². The lowest BCUT2D eigenvalue weighted by Crippen LogP contribution is -1.84. The zero-order valence-electron chi connectivity index (χ0n) is 6.59. The first-order chi connectivity index (χ1) is 5.92. The fourth-order valence-electron chi connectivity index (χ4n) is 1.35. The molecule has 0 N–H and O–H groups in total. The quantitative estimate of drug-likeness (QED) is 0.714. The standard InChI is InChI=1S/C10H9BrO/c11-6-4-8-2-1-3-9-5-7-12-10(8)9/h1-3,5,7H,4,6H2. The van der Waals surface area contributed by atoms with Crippen LogP contribution in [0.4, 0.5) is 0 Å². The zero-order chi connectivity index (χ0) is 8.39. The maximum atomic E-state index is 5.38. The SMILES string of the molecule is BrCCc1cccc2ccoc12. The monoisotopic (exact) mass is 224 g/mol. The second-order valence-corrected chi connectivity index (χ2v) is 3.49. The number of alkyl halides is 1. The molecule has 12 heavy (non-hydrogen) atoms. The lowest BCUT2D eigenvalue weighted by atomic mass is 10.1. The van der Waals surface area contributed by atoms with Crippen molar-refractivity contribution >= 4 is 26.9 Å². The van der Waals surface area contributed by atoms with Crippen LogP contribution in [0, 0.1) is 0 Å². The van der Waals surface area contributed by atoms with Gasteiger partial charge in [-0.25, -0.2) is 0 Å². The summed E-state index contributed by atoms with van der Waals surface area (Å²) >= 11 is 3.42. The molecular formula is C10H9BrO. The van der Waals surface area contributed by atoms with Crippen LogP contribution in [0.3, 0.4) is 0 Å². The minimum atomic E-state index is 0.979. The Morgan fingerprint density at radius 3 is 3.00 bits per heavy atom. The van der Waals surface area contributed by atoms with Crippen molar-refractivity contribution in [2.24, 2.45) is 0 Å². The lowest BCUT2D eigenvalue weighted by molar-refractivity contribution is 0.611. The number of hydrogen-bond acceptors (Lipinski definition) is 1. The smallest absolute Gasteiger partial charge is 0.137 e. The Morgan fingerprint density at radius 1 is 1.25 bits per heavy atom. The first-order valence-electron chi connectivity index (χ1n) is 3.93. The Bertz CT molecular complexity index is 378. The topological polar surface area (TPSA) is 13.1 Å². The van der Waals surface area contributed by atoms with Gasteiger partial charge in [0.25, 0.3) is 0 Å². The van der Waals surface area contributed by atoms with Gasteiger partial charge in [0.1, 0.15) is 5.58 Å². The molecule has 0 saturated heterocycles. The van der Waals surface area contributed by atoms with Gasteiger partial charge in [-0.3, -0.25) is 0 Å². The Hall–Kier alpha value is -0.760. The van der Waals surface area contributed by atoms with Gasteiger partial charge in [0.05, 0.1) is 6.26 Å². The molecule has 1 nitrogen and oxygen atoms in total. The average Bonchev–Trinajstić information content (AvgIpc) is 2.53. The number of fused-ring (bicyclic) bond motifs is 1. The van der Waals surface area contributed by atoms with E-state index >= 15 is 0 Å². The largest absolute Gasteiger partial charge is 0.464 e. The highest BCUT2D eigenvalue weighted by Gasteiger charge is 2.01. The van der Waals surface area contributed by atoms with E-state index in [4.69, 9.17) is 4.42 Å². The third-order valence-corrected chi connectivity index (χ3v) is 2.32. The summed E-state index contributed by atoms with van der Waals surface area (Å²) in [5.41, 5.74) is 2.30. The second kappa shape index (κ2) is 3.31. The lowest BCUT2D eigenvalue weighted by Gasteiger charge is -1.97. The maximum Gasteiger partial charge on any atom is 0.137 e. The van der Waals surface area contributed by atoms with Crippen molar-refractivity contribution in [2.75, 3.05) is 5.33 Å². The molecule has 0 unspecified atom stereocenters. The Labute approximate surface area is 79.5 Å². The first-order valence-corrected chi connectivity index (χ1v) is 5.05. The van der Waals surface area contributed by atoms with Crippen molar-refractivity contribution in [3.63, 3.8) is 0 Å². The van der Waals surface area contributed by atoms with Crippen LogP contribution in [0.5, 0.6) is 0 Å². The fourth-order valence-corrected chi connectivity index (χ4v) is 1.78.